The monoisotopic (exact) mass is 356 g/mol. The predicted octanol–water partition coefficient (Wildman–Crippen LogP) is 3.46. The zero-order valence-corrected chi connectivity index (χ0v) is 12.0. The van der Waals surface area contributed by atoms with Crippen molar-refractivity contribution in [1.29, 1.82) is 0 Å². The van der Waals surface area contributed by atoms with Crippen molar-refractivity contribution in [1.82, 2.24) is 4.98 Å². The number of aromatic nitrogens is 1. The third-order valence-electron chi connectivity index (χ3n) is 2.20. The fourth-order valence-electron chi connectivity index (χ4n) is 1.38. The maximum absolute atomic E-state index is 5.75. The van der Waals surface area contributed by atoms with E-state index in [-0.39, 0.29) is 0 Å². The molecule has 0 saturated heterocycles. The maximum Gasteiger partial charge on any atom is 0.240 e. The van der Waals surface area contributed by atoms with Gasteiger partial charge in [-0.3, -0.25) is 0 Å². The normalized spacial score (nSPS) is 10.1. The van der Waals surface area contributed by atoms with E-state index in [1.54, 1.807) is 12.1 Å². The first-order valence-electron chi connectivity index (χ1n) is 5.52. The lowest BCUT2D eigenvalue weighted by Crippen LogP contribution is -2.00. The average Bonchev–Trinajstić information content (AvgIpc) is 2.36. The topological polar surface area (TPSA) is 57.4 Å². The smallest absolute Gasteiger partial charge is 0.240 e. The van der Waals surface area contributed by atoms with Crippen molar-refractivity contribution in [2.75, 3.05) is 12.3 Å². The quantitative estimate of drug-likeness (QED) is 0.853. The Morgan fingerprint density at radius 3 is 2.72 bits per heavy atom. The van der Waals surface area contributed by atoms with Crippen LogP contribution in [0, 0.1) is 3.57 Å². The van der Waals surface area contributed by atoms with Crippen LogP contribution in [0.15, 0.2) is 36.4 Å². The van der Waals surface area contributed by atoms with E-state index in [9.17, 15) is 0 Å². The molecule has 0 amide bonds. The number of halogens is 1. The van der Waals surface area contributed by atoms with Gasteiger partial charge in [0, 0.05) is 6.07 Å². The molecule has 0 aliphatic carbocycles. The van der Waals surface area contributed by atoms with Crippen LogP contribution >= 0.6 is 22.6 Å². The van der Waals surface area contributed by atoms with Crippen molar-refractivity contribution in [3.63, 3.8) is 0 Å². The van der Waals surface area contributed by atoms with Crippen LogP contribution in [0.4, 0.5) is 5.69 Å². The molecule has 2 aromatic rings. The highest BCUT2D eigenvalue weighted by molar-refractivity contribution is 14.1. The molecule has 94 valence electrons. The Kier molecular flexibility index (Phi) is 4.24. The number of hydrogen-bond donors (Lipinski definition) is 1. The molecule has 0 saturated carbocycles. The van der Waals surface area contributed by atoms with Crippen LogP contribution in [0.25, 0.3) is 0 Å². The first-order valence-corrected chi connectivity index (χ1v) is 6.60. The van der Waals surface area contributed by atoms with E-state index in [1.165, 1.54) is 0 Å². The van der Waals surface area contributed by atoms with Gasteiger partial charge < -0.3 is 15.2 Å². The standard InChI is InChI=1S/C13H13IN2O2/c1-2-17-13-10(15)7-8-12(16-13)18-11-6-4-3-5-9(11)14/h3-8H,2,15H2,1H3. The lowest BCUT2D eigenvalue weighted by molar-refractivity contribution is 0.323. The first kappa shape index (κ1) is 12.9. The Morgan fingerprint density at radius 1 is 1.22 bits per heavy atom. The second-order valence-corrected chi connectivity index (χ2v) is 4.67. The number of hydrogen-bond acceptors (Lipinski definition) is 4. The minimum atomic E-state index is 0.404. The van der Waals surface area contributed by atoms with Gasteiger partial charge in [-0.25, -0.2) is 0 Å². The van der Waals surface area contributed by atoms with Crippen molar-refractivity contribution in [2.45, 2.75) is 6.92 Å². The van der Waals surface area contributed by atoms with Crippen LogP contribution in [-0.4, -0.2) is 11.6 Å². The van der Waals surface area contributed by atoms with Gasteiger partial charge in [0.05, 0.1) is 15.9 Å². The molecule has 0 unspecified atom stereocenters. The van der Waals surface area contributed by atoms with E-state index in [0.29, 0.717) is 24.1 Å². The fraction of sp³-hybridized carbons (Fsp3) is 0.154. The number of nitrogen functional groups attached to an aromatic ring is 1. The van der Waals surface area contributed by atoms with E-state index < -0.39 is 0 Å². The van der Waals surface area contributed by atoms with E-state index in [0.717, 1.165) is 9.32 Å². The summed E-state index contributed by atoms with van der Waals surface area (Å²) in [6.45, 7) is 2.40. The summed E-state index contributed by atoms with van der Waals surface area (Å²) in [6.07, 6.45) is 0. The summed E-state index contributed by atoms with van der Waals surface area (Å²) in [4.78, 5) is 4.23. The van der Waals surface area contributed by atoms with Crippen LogP contribution in [0.2, 0.25) is 0 Å². The molecule has 18 heavy (non-hydrogen) atoms. The number of pyridine rings is 1. The number of nitrogens with zero attached hydrogens (tertiary/aromatic N) is 1. The molecule has 0 aliphatic rings. The number of rotatable bonds is 4. The summed E-state index contributed by atoms with van der Waals surface area (Å²) >= 11 is 2.21. The number of para-hydroxylation sites is 1. The van der Waals surface area contributed by atoms with Crippen LogP contribution in [0.5, 0.6) is 17.5 Å². The third kappa shape index (κ3) is 3.04. The Labute approximate surface area is 119 Å². The van der Waals surface area contributed by atoms with Crippen molar-refractivity contribution in [3.8, 4) is 17.5 Å². The summed E-state index contributed by atoms with van der Waals surface area (Å²) in [7, 11) is 0. The molecular formula is C13H13IN2O2. The molecule has 5 heteroatoms. The summed E-state index contributed by atoms with van der Waals surface area (Å²) < 4.78 is 12.0. The SMILES string of the molecule is CCOc1nc(Oc2ccccc2I)ccc1N. The van der Waals surface area contributed by atoms with Gasteiger partial charge in [0.15, 0.2) is 0 Å². The Hall–Kier alpha value is -1.50. The van der Waals surface area contributed by atoms with E-state index in [4.69, 9.17) is 15.2 Å². The minimum absolute atomic E-state index is 0.404. The molecule has 0 atom stereocenters. The predicted molar refractivity (Wildman–Crippen MR) is 79.1 cm³/mol. The second kappa shape index (κ2) is 5.90. The van der Waals surface area contributed by atoms with Crippen molar-refractivity contribution >= 4 is 28.3 Å². The van der Waals surface area contributed by atoms with Gasteiger partial charge in [-0.15, -0.1) is 0 Å². The van der Waals surface area contributed by atoms with Crippen molar-refractivity contribution in [2.24, 2.45) is 0 Å². The molecule has 0 bridgehead atoms. The van der Waals surface area contributed by atoms with E-state index >= 15 is 0 Å². The molecule has 0 radical (unpaired) electrons. The summed E-state index contributed by atoms with van der Waals surface area (Å²) in [5, 5.41) is 0. The second-order valence-electron chi connectivity index (χ2n) is 3.51. The molecule has 0 fully saturated rings. The van der Waals surface area contributed by atoms with Crippen LogP contribution in [-0.2, 0) is 0 Å². The molecule has 4 nitrogen and oxygen atoms in total. The Morgan fingerprint density at radius 2 is 2.00 bits per heavy atom. The van der Waals surface area contributed by atoms with E-state index in [2.05, 4.69) is 27.6 Å². The molecule has 2 N–H and O–H groups in total. The molecule has 1 aromatic heterocycles. The third-order valence-corrected chi connectivity index (χ3v) is 3.09. The molecular weight excluding hydrogens is 343 g/mol. The minimum Gasteiger partial charge on any atom is -0.476 e. The van der Waals surface area contributed by atoms with Crippen molar-refractivity contribution < 1.29 is 9.47 Å². The van der Waals surface area contributed by atoms with Gasteiger partial charge in [0.25, 0.3) is 0 Å². The van der Waals surface area contributed by atoms with Crippen LogP contribution in [0.1, 0.15) is 6.92 Å². The molecule has 0 aliphatic heterocycles. The number of nitrogens with two attached hydrogens (primary N) is 1. The van der Waals surface area contributed by atoms with Gasteiger partial charge in [0.1, 0.15) is 5.75 Å². The Balaban J connectivity index is 2.24. The average molecular weight is 356 g/mol. The lowest BCUT2D eigenvalue weighted by Gasteiger charge is -2.09. The van der Waals surface area contributed by atoms with Gasteiger partial charge >= 0.3 is 0 Å². The number of benzene rings is 1. The molecule has 1 heterocycles. The van der Waals surface area contributed by atoms with Gasteiger partial charge in [-0.1, -0.05) is 12.1 Å². The van der Waals surface area contributed by atoms with Gasteiger partial charge in [0.2, 0.25) is 11.8 Å². The summed E-state index contributed by atoms with van der Waals surface area (Å²) in [6, 6.07) is 11.2. The number of ether oxygens (including phenoxy) is 2. The van der Waals surface area contributed by atoms with Crippen LogP contribution < -0.4 is 15.2 Å². The molecule has 1 aromatic carbocycles. The maximum atomic E-state index is 5.75. The highest BCUT2D eigenvalue weighted by atomic mass is 127. The summed E-state index contributed by atoms with van der Waals surface area (Å²) in [5.74, 6) is 1.63. The van der Waals surface area contributed by atoms with Gasteiger partial charge in [-0.2, -0.15) is 4.98 Å². The zero-order chi connectivity index (χ0) is 13.0. The largest absolute Gasteiger partial charge is 0.476 e. The molecule has 2 rings (SSSR count). The zero-order valence-electron chi connectivity index (χ0n) is 9.89. The van der Waals surface area contributed by atoms with Crippen molar-refractivity contribution in [3.05, 3.63) is 40.0 Å². The fourth-order valence-corrected chi connectivity index (χ4v) is 1.88. The number of anilines is 1. The molecule has 0 spiro atoms. The Bertz CT molecular complexity index is 546. The van der Waals surface area contributed by atoms with E-state index in [1.807, 2.05) is 31.2 Å². The summed E-state index contributed by atoms with van der Waals surface area (Å²) in [5.41, 5.74) is 6.26. The lowest BCUT2D eigenvalue weighted by atomic mass is 10.3. The highest BCUT2D eigenvalue weighted by Gasteiger charge is 2.07. The first-order chi connectivity index (χ1) is 8.70. The van der Waals surface area contributed by atoms with Gasteiger partial charge in [-0.05, 0) is 47.7 Å². The highest BCUT2D eigenvalue weighted by Crippen LogP contribution is 2.28. The van der Waals surface area contributed by atoms with Crippen LogP contribution in [0.3, 0.4) is 0 Å².